The number of carbonyl (C=O) groups is 4. The number of aromatic hydroxyl groups is 1. The zero-order valence-electron chi connectivity index (χ0n) is 23.9. The first kappa shape index (κ1) is 30.0. The number of ketones is 3. The maximum absolute atomic E-state index is 14.1. The molecule has 1 saturated carbocycles. The number of anilines is 1. The van der Waals surface area contributed by atoms with Crippen LogP contribution >= 0.6 is 0 Å². The van der Waals surface area contributed by atoms with Crippen LogP contribution in [-0.4, -0.2) is 100 Å². The minimum absolute atomic E-state index is 0.0136. The topological polar surface area (TPSA) is 194 Å². The third-order valence-corrected chi connectivity index (χ3v) is 8.21. The van der Waals surface area contributed by atoms with Crippen LogP contribution < -0.4 is 10.7 Å². The number of aliphatic hydroxyl groups excluding tert-OH is 2. The Hall–Kier alpha value is -3.94. The van der Waals surface area contributed by atoms with E-state index < -0.39 is 69.8 Å². The van der Waals surface area contributed by atoms with E-state index in [1.165, 1.54) is 4.90 Å². The molecule has 0 bridgehead atoms. The summed E-state index contributed by atoms with van der Waals surface area (Å²) in [6.45, 7) is 2.46. The summed E-state index contributed by atoms with van der Waals surface area (Å²) in [4.78, 5) is 55.1. The first-order chi connectivity index (χ1) is 19.1. The van der Waals surface area contributed by atoms with Crippen molar-refractivity contribution in [3.05, 3.63) is 39.7 Å². The smallest absolute Gasteiger partial charge is 0.424 e. The molecule has 1 fully saturated rings. The zero-order valence-corrected chi connectivity index (χ0v) is 23.9. The number of ether oxygens (including phenoxy) is 1. The molecule has 222 valence electrons. The Morgan fingerprint density at radius 1 is 1.15 bits per heavy atom. The number of hydrogen-bond donors (Lipinski definition) is 5. The van der Waals surface area contributed by atoms with Gasteiger partial charge in [-0.15, -0.1) is 0 Å². The molecule has 3 aliphatic rings. The molecule has 0 aromatic heterocycles. The van der Waals surface area contributed by atoms with Crippen molar-refractivity contribution in [2.24, 2.45) is 17.7 Å². The van der Waals surface area contributed by atoms with Crippen LogP contribution in [0.15, 0.2) is 23.0 Å². The number of phenols is 1. The number of nitrogens with two attached hydrogens (primary N) is 1. The van der Waals surface area contributed by atoms with Crippen LogP contribution in [0.25, 0.3) is 5.76 Å². The average molecular weight is 573 g/mol. The molecule has 6 N–H and O–H groups in total. The van der Waals surface area contributed by atoms with Gasteiger partial charge in [-0.1, -0.05) is 0 Å². The molecular formula is C28H36N4O9. The molecule has 0 spiro atoms. The van der Waals surface area contributed by atoms with Crippen LogP contribution in [0.2, 0.25) is 0 Å². The van der Waals surface area contributed by atoms with Crippen LogP contribution in [0.3, 0.4) is 0 Å². The SMILES string of the molecule is CCOC(=O)N(N)Cc1cc(N(C)C)c2c(c1O)C(O)=C1C(=O)[C@]3(O)C(O)=C(C(C)=O)C(=O)[C@H](N(C)C)[C@@H]3C[C@@H]1C2. The van der Waals surface area contributed by atoms with E-state index in [2.05, 4.69) is 0 Å². The Kier molecular flexibility index (Phi) is 7.67. The van der Waals surface area contributed by atoms with Crippen molar-refractivity contribution in [3.8, 4) is 5.75 Å². The second-order valence-corrected chi connectivity index (χ2v) is 11.1. The van der Waals surface area contributed by atoms with Gasteiger partial charge >= 0.3 is 6.09 Å². The fourth-order valence-corrected chi connectivity index (χ4v) is 6.42. The summed E-state index contributed by atoms with van der Waals surface area (Å²) in [5, 5.41) is 46.4. The third kappa shape index (κ3) is 4.44. The first-order valence-corrected chi connectivity index (χ1v) is 13.2. The monoisotopic (exact) mass is 572 g/mol. The minimum atomic E-state index is -2.66. The zero-order chi connectivity index (χ0) is 30.7. The highest BCUT2D eigenvalue weighted by atomic mass is 16.6. The Labute approximate surface area is 237 Å². The molecule has 3 aliphatic carbocycles. The summed E-state index contributed by atoms with van der Waals surface area (Å²) in [5.74, 6) is -0.580. The quantitative estimate of drug-likeness (QED) is 0.140. The van der Waals surface area contributed by atoms with Gasteiger partial charge in [-0.2, -0.15) is 0 Å². The number of nitrogens with zero attached hydrogens (tertiary/aromatic N) is 3. The van der Waals surface area contributed by atoms with E-state index in [-0.39, 0.29) is 42.7 Å². The van der Waals surface area contributed by atoms with Crippen molar-refractivity contribution in [2.75, 3.05) is 39.7 Å². The lowest BCUT2D eigenvalue weighted by molar-refractivity contribution is -0.153. The highest BCUT2D eigenvalue weighted by Crippen LogP contribution is 2.54. The third-order valence-electron chi connectivity index (χ3n) is 8.21. The molecule has 13 nitrogen and oxygen atoms in total. The summed E-state index contributed by atoms with van der Waals surface area (Å²) < 4.78 is 4.90. The number of benzene rings is 1. The van der Waals surface area contributed by atoms with E-state index in [1.807, 2.05) is 0 Å². The molecule has 1 aromatic carbocycles. The second kappa shape index (κ2) is 10.5. The Morgan fingerprint density at radius 2 is 1.78 bits per heavy atom. The van der Waals surface area contributed by atoms with Gasteiger partial charge in [-0.05, 0) is 58.3 Å². The predicted molar refractivity (Wildman–Crippen MR) is 147 cm³/mol. The van der Waals surface area contributed by atoms with E-state index in [0.29, 0.717) is 11.3 Å². The number of amides is 1. The van der Waals surface area contributed by atoms with Crippen LogP contribution in [0.5, 0.6) is 5.75 Å². The van der Waals surface area contributed by atoms with Crippen LogP contribution in [0.4, 0.5) is 10.5 Å². The molecule has 4 atom stereocenters. The Balaban J connectivity index is 1.93. The molecule has 0 saturated heterocycles. The Bertz CT molecular complexity index is 1410. The molecule has 0 heterocycles. The van der Waals surface area contributed by atoms with Crippen molar-refractivity contribution in [1.29, 1.82) is 0 Å². The molecular weight excluding hydrogens is 536 g/mol. The van der Waals surface area contributed by atoms with E-state index in [4.69, 9.17) is 10.6 Å². The molecule has 0 unspecified atom stereocenters. The van der Waals surface area contributed by atoms with Gasteiger partial charge in [0.15, 0.2) is 17.2 Å². The fraction of sp³-hybridized carbons (Fsp3) is 0.500. The number of hydrazine groups is 1. The summed E-state index contributed by atoms with van der Waals surface area (Å²) in [7, 11) is 6.65. The summed E-state index contributed by atoms with van der Waals surface area (Å²) in [5.41, 5.74) is -2.38. The number of rotatable bonds is 6. The normalized spacial score (nSPS) is 25.5. The minimum Gasteiger partial charge on any atom is -0.508 e. The summed E-state index contributed by atoms with van der Waals surface area (Å²) in [6.07, 6.45) is -0.670. The van der Waals surface area contributed by atoms with Gasteiger partial charge in [0, 0.05) is 36.8 Å². The molecule has 1 aromatic rings. The lowest BCUT2D eigenvalue weighted by Crippen LogP contribution is -2.65. The van der Waals surface area contributed by atoms with Crippen LogP contribution in [0, 0.1) is 11.8 Å². The number of hydrogen-bond acceptors (Lipinski definition) is 12. The van der Waals surface area contributed by atoms with Gasteiger partial charge in [-0.3, -0.25) is 19.3 Å². The lowest BCUT2D eigenvalue weighted by atomic mass is 9.57. The molecule has 0 radical (unpaired) electrons. The molecule has 4 rings (SSSR count). The van der Waals surface area contributed by atoms with Gasteiger partial charge < -0.3 is 30.1 Å². The predicted octanol–water partition coefficient (Wildman–Crippen LogP) is 0.966. The van der Waals surface area contributed by atoms with Gasteiger partial charge in [0.2, 0.25) is 5.78 Å². The van der Waals surface area contributed by atoms with E-state index in [1.54, 1.807) is 46.1 Å². The fourth-order valence-electron chi connectivity index (χ4n) is 6.42. The maximum Gasteiger partial charge on any atom is 0.424 e. The average Bonchev–Trinajstić information content (AvgIpc) is 2.87. The van der Waals surface area contributed by atoms with Crippen molar-refractivity contribution in [1.82, 2.24) is 9.91 Å². The molecule has 13 heteroatoms. The van der Waals surface area contributed by atoms with E-state index in [9.17, 15) is 39.6 Å². The van der Waals surface area contributed by atoms with Gasteiger partial charge in [0.25, 0.3) is 0 Å². The summed E-state index contributed by atoms with van der Waals surface area (Å²) >= 11 is 0. The van der Waals surface area contributed by atoms with Crippen LogP contribution in [0.1, 0.15) is 37.0 Å². The van der Waals surface area contributed by atoms with E-state index >= 15 is 0 Å². The van der Waals surface area contributed by atoms with Crippen molar-refractivity contribution < 1.29 is 44.3 Å². The lowest BCUT2D eigenvalue weighted by Gasteiger charge is -2.50. The largest absolute Gasteiger partial charge is 0.508 e. The molecule has 41 heavy (non-hydrogen) atoms. The van der Waals surface area contributed by atoms with E-state index in [0.717, 1.165) is 11.9 Å². The number of phenolic OH excluding ortho intramolecular Hbond substituents is 1. The second-order valence-electron chi connectivity index (χ2n) is 11.1. The number of carbonyl (C=O) groups excluding carboxylic acids is 4. The number of Topliss-reactive ketones (excluding diaryl/α,β-unsaturated/α-hetero) is 3. The number of fused-ring (bicyclic) bond motifs is 3. The first-order valence-electron chi connectivity index (χ1n) is 13.2. The van der Waals surface area contributed by atoms with Crippen molar-refractivity contribution >= 4 is 34.9 Å². The Morgan fingerprint density at radius 3 is 2.32 bits per heavy atom. The number of likely N-dealkylation sites (N-methyl/N-ethyl adjacent to an activating group) is 1. The van der Waals surface area contributed by atoms with Gasteiger partial charge in [0.1, 0.15) is 22.8 Å². The van der Waals surface area contributed by atoms with Crippen molar-refractivity contribution in [3.63, 3.8) is 0 Å². The molecule has 0 aliphatic heterocycles. The maximum atomic E-state index is 14.1. The molecule has 1 amide bonds. The van der Waals surface area contributed by atoms with Gasteiger partial charge in [0.05, 0.1) is 24.8 Å². The standard InChI is InChI=1S/C28H36N4O9/c1-7-41-27(39)32(29)11-14-10-17(30(3)4)15-8-13-9-16-21(31(5)6)24(36)18(12(2)33)25(37)28(16,40)26(38)19(13)23(35)20(15)22(14)34/h10,13,16,21,34-35,37,40H,7-9,11,29H2,1-6H3/t13-,16-,21+,28+/m0/s1. The number of aliphatic hydroxyl groups is 3. The van der Waals surface area contributed by atoms with Crippen LogP contribution in [-0.2, 0) is 32.1 Å². The highest BCUT2D eigenvalue weighted by molar-refractivity contribution is 6.25. The van der Waals surface area contributed by atoms with Gasteiger partial charge in [-0.25, -0.2) is 15.6 Å². The summed E-state index contributed by atoms with van der Waals surface area (Å²) in [6, 6.07) is 0.527. The van der Waals surface area contributed by atoms with Crippen molar-refractivity contribution in [2.45, 2.75) is 44.9 Å². The highest BCUT2D eigenvalue weighted by Gasteiger charge is 2.64.